The minimum absolute atomic E-state index is 0.543. The molecule has 0 fully saturated rings. The summed E-state index contributed by atoms with van der Waals surface area (Å²) >= 11 is 0. The van der Waals surface area contributed by atoms with E-state index in [1.54, 1.807) is 0 Å². The fourth-order valence-electron chi connectivity index (χ4n) is 2.83. The lowest BCUT2D eigenvalue weighted by Crippen LogP contribution is -2.06. The van der Waals surface area contributed by atoms with E-state index < -0.39 is 0 Å². The second-order valence-electron chi connectivity index (χ2n) is 6.15. The van der Waals surface area contributed by atoms with Gasteiger partial charge < -0.3 is 10.1 Å². The molecule has 3 heteroatoms. The zero-order valence-corrected chi connectivity index (χ0v) is 13.5. The molecule has 0 aliphatic heterocycles. The van der Waals surface area contributed by atoms with Crippen molar-refractivity contribution in [3.63, 3.8) is 0 Å². The van der Waals surface area contributed by atoms with E-state index in [2.05, 4.69) is 67.8 Å². The van der Waals surface area contributed by atoms with E-state index in [-0.39, 0.29) is 0 Å². The lowest BCUT2D eigenvalue weighted by Gasteiger charge is -2.07. The monoisotopic (exact) mass is 293 g/mol. The molecule has 0 spiro atoms. The van der Waals surface area contributed by atoms with E-state index in [9.17, 15) is 0 Å². The number of rotatable bonds is 4. The molecule has 2 aromatic heterocycles. The number of fused-ring (bicyclic) bond motifs is 1. The van der Waals surface area contributed by atoms with Crippen molar-refractivity contribution in [3.8, 4) is 11.3 Å². The molecule has 1 aromatic carbocycles. The van der Waals surface area contributed by atoms with Crippen molar-refractivity contribution in [2.24, 2.45) is 5.73 Å². The lowest BCUT2D eigenvalue weighted by molar-refractivity contribution is 0.867. The predicted molar refractivity (Wildman–Crippen MR) is 92.2 cm³/mol. The van der Waals surface area contributed by atoms with Crippen molar-refractivity contribution in [2.45, 2.75) is 33.1 Å². The quantitative estimate of drug-likeness (QED) is 0.792. The topological polar surface area (TPSA) is 43.3 Å². The molecular weight excluding hydrogens is 270 g/mol. The fraction of sp³-hybridized carbons (Fsp3) is 0.316. The summed E-state index contributed by atoms with van der Waals surface area (Å²) < 4.78 is 2.16. The number of imidazole rings is 1. The first kappa shape index (κ1) is 14.8. The fourth-order valence-corrected chi connectivity index (χ4v) is 2.83. The summed E-state index contributed by atoms with van der Waals surface area (Å²) in [6.45, 7) is 7.14. The average Bonchev–Trinajstić information content (AvgIpc) is 2.85. The van der Waals surface area contributed by atoms with Crippen LogP contribution in [0.15, 0.2) is 42.6 Å². The van der Waals surface area contributed by atoms with Gasteiger partial charge in [0.2, 0.25) is 0 Å². The van der Waals surface area contributed by atoms with Crippen molar-refractivity contribution < 1.29 is 0 Å². The molecule has 22 heavy (non-hydrogen) atoms. The SMILES string of the molecule is Cc1ccn2c(CCN)c(-c3ccc(C(C)C)cc3)nc2c1. The molecule has 0 saturated heterocycles. The van der Waals surface area contributed by atoms with E-state index in [4.69, 9.17) is 10.7 Å². The molecule has 0 atom stereocenters. The summed E-state index contributed by atoms with van der Waals surface area (Å²) in [6.07, 6.45) is 2.92. The maximum Gasteiger partial charge on any atom is 0.137 e. The second kappa shape index (κ2) is 5.93. The summed E-state index contributed by atoms with van der Waals surface area (Å²) in [7, 11) is 0. The van der Waals surface area contributed by atoms with Crippen LogP contribution in [-0.2, 0) is 6.42 Å². The van der Waals surface area contributed by atoms with Gasteiger partial charge in [0.15, 0.2) is 0 Å². The summed E-state index contributed by atoms with van der Waals surface area (Å²) in [5, 5.41) is 0. The van der Waals surface area contributed by atoms with Crippen LogP contribution in [0.4, 0.5) is 0 Å². The van der Waals surface area contributed by atoms with Crippen LogP contribution in [0.3, 0.4) is 0 Å². The van der Waals surface area contributed by atoms with Crippen molar-refractivity contribution in [3.05, 3.63) is 59.4 Å². The molecule has 0 saturated carbocycles. The van der Waals surface area contributed by atoms with Gasteiger partial charge >= 0.3 is 0 Å². The van der Waals surface area contributed by atoms with Gasteiger partial charge in [-0.3, -0.25) is 0 Å². The molecule has 0 aliphatic rings. The maximum absolute atomic E-state index is 5.81. The first-order chi connectivity index (χ1) is 10.6. The van der Waals surface area contributed by atoms with Gasteiger partial charge in [0.25, 0.3) is 0 Å². The Labute approximate surface area is 131 Å². The van der Waals surface area contributed by atoms with Crippen LogP contribution in [0.5, 0.6) is 0 Å². The number of nitrogens with zero attached hydrogens (tertiary/aromatic N) is 2. The van der Waals surface area contributed by atoms with E-state index in [1.165, 1.54) is 16.8 Å². The smallest absolute Gasteiger partial charge is 0.137 e. The number of hydrogen-bond donors (Lipinski definition) is 1. The Kier molecular flexibility index (Phi) is 3.99. The molecule has 0 radical (unpaired) electrons. The Morgan fingerprint density at radius 2 is 1.86 bits per heavy atom. The summed E-state index contributed by atoms with van der Waals surface area (Å²) in [6, 6.07) is 13.0. The van der Waals surface area contributed by atoms with Gasteiger partial charge in [-0.2, -0.15) is 0 Å². The summed E-state index contributed by atoms with van der Waals surface area (Å²) in [5.74, 6) is 0.543. The van der Waals surface area contributed by atoms with Gasteiger partial charge in [0.1, 0.15) is 5.65 Å². The van der Waals surface area contributed by atoms with Crippen LogP contribution < -0.4 is 5.73 Å². The van der Waals surface area contributed by atoms with Gasteiger partial charge in [-0.25, -0.2) is 4.98 Å². The summed E-state index contributed by atoms with van der Waals surface area (Å²) in [4.78, 5) is 4.84. The van der Waals surface area contributed by atoms with Crippen LogP contribution in [0, 0.1) is 6.92 Å². The van der Waals surface area contributed by atoms with E-state index >= 15 is 0 Å². The summed E-state index contributed by atoms with van der Waals surface area (Å²) in [5.41, 5.74) is 12.8. The highest BCUT2D eigenvalue weighted by atomic mass is 15.0. The van der Waals surface area contributed by atoms with Crippen molar-refractivity contribution in [1.29, 1.82) is 0 Å². The number of benzene rings is 1. The van der Waals surface area contributed by atoms with Crippen LogP contribution in [0.25, 0.3) is 16.9 Å². The molecule has 114 valence electrons. The molecule has 3 rings (SSSR count). The third kappa shape index (κ3) is 2.64. The Balaban J connectivity index is 2.14. The Morgan fingerprint density at radius 3 is 2.50 bits per heavy atom. The van der Waals surface area contributed by atoms with Crippen LogP contribution in [0.2, 0.25) is 0 Å². The Hall–Kier alpha value is -2.13. The average molecular weight is 293 g/mol. The van der Waals surface area contributed by atoms with Crippen LogP contribution in [0.1, 0.15) is 36.6 Å². The van der Waals surface area contributed by atoms with Gasteiger partial charge in [0, 0.05) is 18.2 Å². The Morgan fingerprint density at radius 1 is 1.14 bits per heavy atom. The number of aryl methyl sites for hydroxylation is 1. The third-order valence-electron chi connectivity index (χ3n) is 4.11. The number of hydrogen-bond acceptors (Lipinski definition) is 2. The first-order valence-electron chi connectivity index (χ1n) is 7.88. The number of nitrogens with two attached hydrogens (primary N) is 1. The molecule has 0 amide bonds. The predicted octanol–water partition coefficient (Wildman–Crippen LogP) is 3.93. The largest absolute Gasteiger partial charge is 0.330 e. The Bertz CT molecular complexity index is 782. The zero-order chi connectivity index (χ0) is 15.7. The highest BCUT2D eigenvalue weighted by molar-refractivity contribution is 5.67. The van der Waals surface area contributed by atoms with Gasteiger partial charge in [-0.15, -0.1) is 0 Å². The van der Waals surface area contributed by atoms with Crippen LogP contribution in [-0.4, -0.2) is 15.9 Å². The lowest BCUT2D eigenvalue weighted by atomic mass is 10.00. The normalized spacial score (nSPS) is 11.5. The number of pyridine rings is 1. The molecule has 2 heterocycles. The van der Waals surface area contributed by atoms with Gasteiger partial charge in [-0.1, -0.05) is 38.1 Å². The van der Waals surface area contributed by atoms with Crippen molar-refractivity contribution in [1.82, 2.24) is 9.38 Å². The van der Waals surface area contributed by atoms with E-state index in [1.807, 2.05) is 0 Å². The minimum Gasteiger partial charge on any atom is -0.330 e. The van der Waals surface area contributed by atoms with Crippen molar-refractivity contribution >= 4 is 5.65 Å². The molecule has 3 aromatic rings. The third-order valence-corrected chi connectivity index (χ3v) is 4.11. The van der Waals surface area contributed by atoms with Crippen LogP contribution >= 0.6 is 0 Å². The molecule has 3 nitrogen and oxygen atoms in total. The number of aromatic nitrogens is 2. The molecule has 0 aliphatic carbocycles. The minimum atomic E-state index is 0.543. The second-order valence-corrected chi connectivity index (χ2v) is 6.15. The maximum atomic E-state index is 5.81. The highest BCUT2D eigenvalue weighted by Crippen LogP contribution is 2.27. The van der Waals surface area contributed by atoms with Gasteiger partial charge in [-0.05, 0) is 42.6 Å². The standard InChI is InChI=1S/C19H23N3/c1-13(2)15-4-6-16(7-5-15)19-17(8-10-20)22-11-9-14(3)12-18(22)21-19/h4-7,9,11-13H,8,10,20H2,1-3H3. The highest BCUT2D eigenvalue weighted by Gasteiger charge is 2.13. The molecule has 0 bridgehead atoms. The van der Waals surface area contributed by atoms with Crippen molar-refractivity contribution in [2.75, 3.05) is 6.54 Å². The van der Waals surface area contributed by atoms with E-state index in [0.717, 1.165) is 23.3 Å². The zero-order valence-electron chi connectivity index (χ0n) is 13.5. The molecular formula is C19H23N3. The van der Waals surface area contributed by atoms with E-state index in [0.29, 0.717) is 12.5 Å². The first-order valence-corrected chi connectivity index (χ1v) is 7.88. The molecule has 0 unspecified atom stereocenters. The van der Waals surface area contributed by atoms with Gasteiger partial charge in [0.05, 0.1) is 11.4 Å². The molecule has 2 N–H and O–H groups in total.